The highest BCUT2D eigenvalue weighted by Gasteiger charge is 2.17. The maximum absolute atomic E-state index is 12.9. The summed E-state index contributed by atoms with van der Waals surface area (Å²) < 4.78 is 1.83. The number of halogens is 2. The molecule has 0 spiro atoms. The molecule has 0 aliphatic carbocycles. The van der Waals surface area contributed by atoms with Crippen LogP contribution in [0.1, 0.15) is 11.3 Å². The number of benzene rings is 2. The lowest BCUT2D eigenvalue weighted by Crippen LogP contribution is -2.12. The first-order valence-electron chi connectivity index (χ1n) is 8.67. The second kappa shape index (κ2) is 7.00. The number of aryl methyl sites for hydroxylation is 2. The van der Waals surface area contributed by atoms with Crippen molar-refractivity contribution in [3.05, 3.63) is 74.6 Å². The van der Waals surface area contributed by atoms with Crippen molar-refractivity contribution in [2.24, 2.45) is 7.05 Å². The molecule has 0 aliphatic rings. The second-order valence-corrected chi connectivity index (χ2v) is 7.38. The number of aromatic amines is 1. The van der Waals surface area contributed by atoms with Gasteiger partial charge in [-0.1, -0.05) is 48.0 Å². The molecular weight excluding hydrogens is 395 g/mol. The average Bonchev–Trinajstić information content (AvgIpc) is 2.98. The monoisotopic (exact) mass is 411 g/mol. The molecule has 0 fully saturated rings. The van der Waals surface area contributed by atoms with Crippen molar-refractivity contribution in [2.45, 2.75) is 13.3 Å². The zero-order valence-electron chi connectivity index (χ0n) is 15.3. The number of hydrogen-bond donors (Lipinski definition) is 2. The molecular formula is C21H17Cl2N4O. The van der Waals surface area contributed by atoms with Crippen LogP contribution in [-0.2, 0) is 13.5 Å². The molecule has 5 nitrogen and oxygen atoms in total. The van der Waals surface area contributed by atoms with E-state index in [1.165, 1.54) is 6.08 Å². The lowest BCUT2D eigenvalue weighted by Gasteiger charge is -2.11. The number of fused-ring (bicyclic) bond motifs is 3. The van der Waals surface area contributed by atoms with Gasteiger partial charge in [-0.15, -0.1) is 0 Å². The molecule has 0 unspecified atom stereocenters. The van der Waals surface area contributed by atoms with Crippen molar-refractivity contribution in [3.8, 4) is 0 Å². The number of hydrogen-bond acceptors (Lipinski definition) is 3. The van der Waals surface area contributed by atoms with Gasteiger partial charge in [0.15, 0.2) is 0 Å². The van der Waals surface area contributed by atoms with Gasteiger partial charge >= 0.3 is 0 Å². The molecule has 0 atom stereocenters. The number of allylic oxidation sites excluding steroid dienone is 1. The largest absolute Gasteiger partial charge is 0.325 e. The average molecular weight is 412 g/mol. The van der Waals surface area contributed by atoms with Crippen molar-refractivity contribution in [1.82, 2.24) is 14.5 Å². The van der Waals surface area contributed by atoms with Crippen LogP contribution in [-0.4, -0.2) is 14.5 Å². The van der Waals surface area contributed by atoms with Crippen molar-refractivity contribution < 1.29 is 0 Å². The number of H-pyrrole nitrogens is 1. The van der Waals surface area contributed by atoms with E-state index in [1.54, 1.807) is 18.2 Å². The van der Waals surface area contributed by atoms with Crippen LogP contribution in [0.4, 0.5) is 11.6 Å². The number of anilines is 2. The van der Waals surface area contributed by atoms with Crippen LogP contribution in [0.25, 0.3) is 21.8 Å². The van der Waals surface area contributed by atoms with Gasteiger partial charge in [-0.05, 0) is 36.1 Å². The molecule has 2 heterocycles. The van der Waals surface area contributed by atoms with E-state index in [0.717, 1.165) is 22.2 Å². The molecule has 7 heteroatoms. The highest BCUT2D eigenvalue weighted by Crippen LogP contribution is 2.34. The van der Waals surface area contributed by atoms with Crippen LogP contribution >= 0.6 is 23.2 Å². The lowest BCUT2D eigenvalue weighted by atomic mass is 10.0. The standard InChI is InChI=1S/C21H17Cl2N4O/c1-4-6-15-11(2)12-9-10-16-19(17(12)20(28)24-15)27(3)21(25-16)26-18-13(22)7-5-8-14(18)23/h1,4-5,7-10H,6H2,2-3H3,(H,24,28)(H,25,26). The van der Waals surface area contributed by atoms with Crippen LogP contribution < -0.4 is 10.9 Å². The number of imidazole rings is 1. The lowest BCUT2D eigenvalue weighted by molar-refractivity contribution is 0.960. The summed E-state index contributed by atoms with van der Waals surface area (Å²) >= 11 is 12.5. The van der Waals surface area contributed by atoms with E-state index in [2.05, 4.69) is 15.3 Å². The molecule has 0 amide bonds. The van der Waals surface area contributed by atoms with Crippen LogP contribution in [0.5, 0.6) is 0 Å². The third kappa shape index (κ3) is 2.87. The molecule has 0 saturated heterocycles. The molecule has 141 valence electrons. The van der Waals surface area contributed by atoms with E-state index < -0.39 is 0 Å². The first-order chi connectivity index (χ1) is 13.4. The summed E-state index contributed by atoms with van der Waals surface area (Å²) in [5, 5.41) is 5.62. The molecule has 0 aliphatic heterocycles. The van der Waals surface area contributed by atoms with Crippen LogP contribution in [0.2, 0.25) is 10.0 Å². The van der Waals surface area contributed by atoms with Gasteiger partial charge in [0.1, 0.15) is 0 Å². The number of pyridine rings is 1. The molecule has 1 radical (unpaired) electrons. The first-order valence-corrected chi connectivity index (χ1v) is 9.43. The van der Waals surface area contributed by atoms with Gasteiger partial charge in [-0.25, -0.2) is 4.98 Å². The third-order valence-electron chi connectivity index (χ3n) is 4.91. The van der Waals surface area contributed by atoms with Gasteiger partial charge in [-0.2, -0.15) is 0 Å². The van der Waals surface area contributed by atoms with Gasteiger partial charge in [0.25, 0.3) is 5.56 Å². The predicted octanol–water partition coefficient (Wildman–Crippen LogP) is 5.31. The molecule has 0 saturated carbocycles. The zero-order valence-corrected chi connectivity index (χ0v) is 16.8. The normalized spacial score (nSPS) is 11.3. The van der Waals surface area contributed by atoms with Gasteiger partial charge in [0.2, 0.25) is 5.95 Å². The molecule has 4 rings (SSSR count). The van der Waals surface area contributed by atoms with Crippen LogP contribution in [0, 0.1) is 13.5 Å². The van der Waals surface area contributed by atoms with Gasteiger partial charge in [-0.3, -0.25) is 4.79 Å². The SMILES string of the molecule is [CH]=CCc1[nH]c(=O)c2c(ccc3nc(Nc4c(Cl)cccc4Cl)n(C)c32)c1C. The van der Waals surface area contributed by atoms with Gasteiger partial charge in [0.05, 0.1) is 32.2 Å². The Bertz CT molecular complexity index is 1280. The maximum atomic E-state index is 12.9. The highest BCUT2D eigenvalue weighted by atomic mass is 35.5. The van der Waals surface area contributed by atoms with E-state index in [0.29, 0.717) is 39.0 Å². The quantitative estimate of drug-likeness (QED) is 0.478. The fourth-order valence-corrected chi connectivity index (χ4v) is 3.96. The minimum Gasteiger partial charge on any atom is -0.325 e. The number of nitrogens with zero attached hydrogens (tertiary/aromatic N) is 2. The molecule has 4 aromatic rings. The Morgan fingerprint density at radius 2 is 1.96 bits per heavy atom. The molecule has 0 bridgehead atoms. The van der Waals surface area contributed by atoms with Crippen molar-refractivity contribution >= 4 is 56.6 Å². The number of aromatic nitrogens is 3. The summed E-state index contributed by atoms with van der Waals surface area (Å²) in [5.41, 5.74) is 3.62. The highest BCUT2D eigenvalue weighted by molar-refractivity contribution is 6.39. The molecule has 28 heavy (non-hydrogen) atoms. The Morgan fingerprint density at radius 1 is 1.25 bits per heavy atom. The zero-order chi connectivity index (χ0) is 20.0. The van der Waals surface area contributed by atoms with Gasteiger partial charge < -0.3 is 14.9 Å². The summed E-state index contributed by atoms with van der Waals surface area (Å²) in [7, 11) is 1.85. The Balaban J connectivity index is 1.97. The fourth-order valence-electron chi connectivity index (χ4n) is 3.47. The number of rotatable bonds is 4. The van der Waals surface area contributed by atoms with Crippen LogP contribution in [0.3, 0.4) is 0 Å². The van der Waals surface area contributed by atoms with E-state index in [1.807, 2.05) is 30.7 Å². The predicted molar refractivity (Wildman–Crippen MR) is 116 cm³/mol. The summed E-state index contributed by atoms with van der Waals surface area (Å²) in [5.74, 6) is 0.536. The molecule has 2 N–H and O–H groups in total. The van der Waals surface area contributed by atoms with E-state index in [-0.39, 0.29) is 5.56 Å². The van der Waals surface area contributed by atoms with E-state index in [9.17, 15) is 4.79 Å². The Kier molecular flexibility index (Phi) is 4.65. The topological polar surface area (TPSA) is 62.7 Å². The smallest absolute Gasteiger partial charge is 0.258 e. The van der Waals surface area contributed by atoms with Gasteiger partial charge in [0, 0.05) is 19.2 Å². The Morgan fingerprint density at radius 3 is 2.64 bits per heavy atom. The molecule has 2 aromatic carbocycles. The summed E-state index contributed by atoms with van der Waals surface area (Å²) in [6, 6.07) is 9.09. The Hall–Kier alpha value is -2.76. The van der Waals surface area contributed by atoms with E-state index in [4.69, 9.17) is 29.8 Å². The second-order valence-electron chi connectivity index (χ2n) is 6.57. The summed E-state index contributed by atoms with van der Waals surface area (Å²) in [6.07, 6.45) is 2.03. The summed E-state index contributed by atoms with van der Waals surface area (Å²) in [6.45, 7) is 7.52. The number of nitrogens with one attached hydrogen (secondary N) is 2. The number of para-hydroxylation sites is 1. The fraction of sp³-hybridized carbons (Fsp3) is 0.143. The minimum atomic E-state index is -0.173. The third-order valence-corrected chi connectivity index (χ3v) is 5.54. The minimum absolute atomic E-state index is 0.173. The summed E-state index contributed by atoms with van der Waals surface area (Å²) in [4.78, 5) is 20.4. The molecule has 2 aromatic heterocycles. The Labute approximate surface area is 171 Å². The van der Waals surface area contributed by atoms with Crippen molar-refractivity contribution in [3.63, 3.8) is 0 Å². The van der Waals surface area contributed by atoms with E-state index >= 15 is 0 Å². The van der Waals surface area contributed by atoms with Crippen molar-refractivity contribution in [2.75, 3.05) is 5.32 Å². The maximum Gasteiger partial charge on any atom is 0.258 e. The van der Waals surface area contributed by atoms with Crippen molar-refractivity contribution in [1.29, 1.82) is 0 Å². The van der Waals surface area contributed by atoms with Crippen LogP contribution in [0.15, 0.2) is 41.2 Å². The first kappa shape index (κ1) is 18.6.